The van der Waals surface area contributed by atoms with E-state index < -0.39 is 113 Å². The number of phenols is 1. The fraction of sp³-hybridized carbons (Fsp3) is 0.358. The van der Waals surface area contributed by atoms with Crippen LogP contribution in [0.1, 0.15) is 55.9 Å². The summed E-state index contributed by atoms with van der Waals surface area (Å²) in [6.45, 7) is 3.42. The first kappa shape index (κ1) is 61.3. The summed E-state index contributed by atoms with van der Waals surface area (Å²) < 4.78 is 20.3. The van der Waals surface area contributed by atoms with Crippen molar-refractivity contribution >= 4 is 88.4 Å². The normalized spacial score (nSPS) is 13.8. The van der Waals surface area contributed by atoms with Gasteiger partial charge in [-0.3, -0.25) is 24.0 Å². The summed E-state index contributed by atoms with van der Waals surface area (Å²) in [5.41, 5.74) is 12.9. The SMILES string of the molecule is CC(C)C[C@H](NC(=O)/C(=C\c1ccc(O)cc1)N(C)C(=O)[C@@H](NC(=O)OCc1ccccc1)[C@@H](C)OC(=O)[C@H](COCc1ccccc1)NC(=O)[C@@H](N)CC(N)=O)C(=O)N[C@H](Cc1ccccc1)C(=O)OCC(Cl)(Cl)Cl. The number of carbonyl (C=O) groups is 8. The van der Waals surface area contributed by atoms with Gasteiger partial charge in [0, 0.05) is 13.5 Å². The van der Waals surface area contributed by atoms with Crippen molar-refractivity contribution < 1.29 is 62.4 Å². The van der Waals surface area contributed by atoms with Gasteiger partial charge in [0.2, 0.25) is 21.5 Å². The molecule has 408 valence electrons. The minimum atomic E-state index is -1.97. The number of aromatic hydroxyl groups is 1. The number of alkyl carbamates (subject to hydrolysis) is 1. The Hall–Kier alpha value is -7.23. The Bertz CT molecular complexity index is 2610. The van der Waals surface area contributed by atoms with Crippen molar-refractivity contribution in [1.29, 1.82) is 0 Å². The molecular formula is C53H62Cl3N7O13. The van der Waals surface area contributed by atoms with Gasteiger partial charge >= 0.3 is 18.0 Å². The number of likely N-dealkylation sites (N-methyl/N-ethyl adjacent to an activating group) is 1. The molecule has 4 aromatic rings. The van der Waals surface area contributed by atoms with Gasteiger partial charge in [0.1, 0.15) is 48.9 Å². The first-order valence-corrected chi connectivity index (χ1v) is 24.9. The second-order valence-corrected chi connectivity index (χ2v) is 20.3. The molecule has 4 rings (SSSR count). The molecular weight excluding hydrogens is 1050 g/mol. The van der Waals surface area contributed by atoms with Crippen LogP contribution in [0.5, 0.6) is 5.75 Å². The number of benzene rings is 4. The molecule has 76 heavy (non-hydrogen) atoms. The average molecular weight is 1110 g/mol. The zero-order chi connectivity index (χ0) is 56.0. The van der Waals surface area contributed by atoms with Crippen molar-refractivity contribution in [3.63, 3.8) is 0 Å². The Kier molecular flexibility index (Phi) is 24.5. The first-order valence-electron chi connectivity index (χ1n) is 23.8. The van der Waals surface area contributed by atoms with Crippen LogP contribution in [0.2, 0.25) is 0 Å². The predicted octanol–water partition coefficient (Wildman–Crippen LogP) is 4.49. The van der Waals surface area contributed by atoms with Crippen molar-refractivity contribution in [2.75, 3.05) is 20.3 Å². The summed E-state index contributed by atoms with van der Waals surface area (Å²) in [7, 11) is 1.18. The number of hydrogen-bond acceptors (Lipinski definition) is 14. The molecule has 0 heterocycles. The van der Waals surface area contributed by atoms with E-state index in [4.69, 9.17) is 65.2 Å². The fourth-order valence-electron chi connectivity index (χ4n) is 7.11. The van der Waals surface area contributed by atoms with E-state index in [1.165, 1.54) is 44.3 Å². The number of nitrogens with zero attached hydrogens (tertiary/aromatic N) is 1. The van der Waals surface area contributed by atoms with Crippen molar-refractivity contribution in [1.82, 2.24) is 26.2 Å². The Morgan fingerprint density at radius 2 is 1.24 bits per heavy atom. The maximum Gasteiger partial charge on any atom is 0.408 e. The number of nitrogens with one attached hydrogen (secondary N) is 4. The second kappa shape index (κ2) is 30.4. The van der Waals surface area contributed by atoms with Crippen LogP contribution < -0.4 is 32.7 Å². The lowest BCUT2D eigenvalue weighted by molar-refractivity contribution is -0.157. The Labute approximate surface area is 455 Å². The number of primary amides is 1. The molecule has 0 fully saturated rings. The first-order chi connectivity index (χ1) is 36.0. The number of alkyl halides is 3. The zero-order valence-corrected chi connectivity index (χ0v) is 44.4. The van der Waals surface area contributed by atoms with Gasteiger partial charge in [-0.15, -0.1) is 0 Å². The van der Waals surface area contributed by atoms with Gasteiger partial charge in [0.05, 0.1) is 25.7 Å². The van der Waals surface area contributed by atoms with E-state index in [1.807, 2.05) is 0 Å². The molecule has 4 aromatic carbocycles. The highest BCUT2D eigenvalue weighted by Crippen LogP contribution is 2.26. The Balaban J connectivity index is 1.71. The van der Waals surface area contributed by atoms with Gasteiger partial charge in [-0.2, -0.15) is 0 Å². The minimum Gasteiger partial charge on any atom is -0.508 e. The molecule has 0 bridgehead atoms. The van der Waals surface area contributed by atoms with Gasteiger partial charge in [0.25, 0.3) is 11.8 Å². The maximum absolute atomic E-state index is 14.9. The molecule has 0 aliphatic carbocycles. The monoisotopic (exact) mass is 1110 g/mol. The minimum absolute atomic E-state index is 0.00754. The molecule has 9 N–H and O–H groups in total. The number of carbonyl (C=O) groups excluding carboxylic acids is 8. The topological polar surface area (TPSA) is 297 Å². The third-order valence-electron chi connectivity index (χ3n) is 11.0. The largest absolute Gasteiger partial charge is 0.508 e. The summed E-state index contributed by atoms with van der Waals surface area (Å²) in [5, 5.41) is 20.2. The molecule has 0 saturated heterocycles. The van der Waals surface area contributed by atoms with Crippen LogP contribution in [0, 0.1) is 5.92 Å². The van der Waals surface area contributed by atoms with Crippen molar-refractivity contribution in [3.8, 4) is 5.75 Å². The number of esters is 2. The molecule has 6 amide bonds. The highest BCUT2D eigenvalue weighted by Gasteiger charge is 2.38. The average Bonchev–Trinajstić information content (AvgIpc) is 3.38. The van der Waals surface area contributed by atoms with Gasteiger partial charge < -0.3 is 61.7 Å². The fourth-order valence-corrected chi connectivity index (χ4v) is 7.27. The molecule has 23 heteroatoms. The lowest BCUT2D eigenvalue weighted by Gasteiger charge is -2.31. The molecule has 0 radical (unpaired) electrons. The van der Waals surface area contributed by atoms with Crippen LogP contribution in [0.25, 0.3) is 6.08 Å². The quantitative estimate of drug-likeness (QED) is 0.0187. The van der Waals surface area contributed by atoms with E-state index in [-0.39, 0.29) is 43.3 Å². The van der Waals surface area contributed by atoms with Crippen molar-refractivity contribution in [2.24, 2.45) is 17.4 Å². The van der Waals surface area contributed by atoms with Crippen molar-refractivity contribution in [2.45, 2.75) is 93.4 Å². The smallest absolute Gasteiger partial charge is 0.408 e. The summed E-state index contributed by atoms with van der Waals surface area (Å²) in [4.78, 5) is 111. The highest BCUT2D eigenvalue weighted by atomic mass is 35.6. The van der Waals surface area contributed by atoms with Crippen LogP contribution in [-0.2, 0) is 72.1 Å². The molecule has 0 spiro atoms. The van der Waals surface area contributed by atoms with Crippen molar-refractivity contribution in [3.05, 3.63) is 143 Å². The van der Waals surface area contributed by atoms with Crippen LogP contribution in [0.4, 0.5) is 4.79 Å². The van der Waals surface area contributed by atoms with Gasteiger partial charge in [-0.1, -0.05) is 152 Å². The molecule has 20 nitrogen and oxygen atoms in total. The summed E-state index contributed by atoms with van der Waals surface area (Å²) in [5.74, 6) is -7.21. The lowest BCUT2D eigenvalue weighted by atomic mass is 10.0. The number of halogens is 3. The molecule has 6 atom stereocenters. The standard InChI is InChI=1S/C53H62Cl3N7O13/c1-32(2)24-40(47(67)60-41(25-34-14-8-5-9-15-34)50(70)75-31-53(54,55)56)59-48(68)43(26-35-20-22-38(64)23-21-35)63(4)49(69)45(62-52(72)74-29-37-18-12-7-13-19-37)33(3)76-51(71)42(61-46(66)39(57)27-44(58)65)30-73-28-36-16-10-6-11-17-36/h5-23,26,32-33,39-42,45,64H,24-25,27-31,57H2,1-4H3,(H2,58,65)(H,59,68)(H,60,67)(H,61,66)(H,62,72)/b43-26+/t33-,39+,40+,41-,42+,45+/m1/s1. The molecule has 0 aliphatic rings. The van der Waals surface area contributed by atoms with E-state index in [2.05, 4.69) is 21.3 Å². The molecule has 0 aliphatic heterocycles. The lowest BCUT2D eigenvalue weighted by Crippen LogP contribution is -2.57. The van der Waals surface area contributed by atoms with Gasteiger partial charge in [-0.25, -0.2) is 14.4 Å². The number of hydrogen-bond donors (Lipinski definition) is 7. The summed E-state index contributed by atoms with van der Waals surface area (Å²) in [6.07, 6.45) is -2.11. The van der Waals surface area contributed by atoms with Crippen LogP contribution in [0.15, 0.2) is 121 Å². The molecule has 0 aromatic heterocycles. The maximum atomic E-state index is 14.9. The van der Waals surface area contributed by atoms with Gasteiger partial charge in [0.15, 0.2) is 6.04 Å². The van der Waals surface area contributed by atoms with E-state index >= 15 is 0 Å². The van der Waals surface area contributed by atoms with E-state index in [0.717, 1.165) is 4.90 Å². The third-order valence-corrected chi connectivity index (χ3v) is 11.3. The second-order valence-electron chi connectivity index (χ2n) is 17.8. The molecule has 0 saturated carbocycles. The van der Waals surface area contributed by atoms with E-state index in [9.17, 15) is 43.5 Å². The van der Waals surface area contributed by atoms with Crippen LogP contribution in [-0.4, -0.2) is 118 Å². The number of ether oxygens (including phenoxy) is 4. The predicted molar refractivity (Wildman–Crippen MR) is 282 cm³/mol. The highest BCUT2D eigenvalue weighted by molar-refractivity contribution is 6.67. The zero-order valence-electron chi connectivity index (χ0n) is 42.1. The number of amides is 6. The van der Waals surface area contributed by atoms with Crippen LogP contribution in [0.3, 0.4) is 0 Å². The van der Waals surface area contributed by atoms with E-state index in [0.29, 0.717) is 16.7 Å². The molecule has 0 unspecified atom stereocenters. The van der Waals surface area contributed by atoms with Gasteiger partial charge in [-0.05, 0) is 59.7 Å². The summed E-state index contributed by atoms with van der Waals surface area (Å²) in [6, 6.07) is 23.9. The Morgan fingerprint density at radius 3 is 1.79 bits per heavy atom. The number of rotatable bonds is 27. The third kappa shape index (κ3) is 21.5. The Morgan fingerprint density at radius 1 is 0.684 bits per heavy atom. The summed E-state index contributed by atoms with van der Waals surface area (Å²) >= 11 is 17.6. The van der Waals surface area contributed by atoms with E-state index in [1.54, 1.807) is 105 Å². The number of phenolic OH excluding ortho intramolecular Hbond substituents is 1. The number of nitrogens with two attached hydrogens (primary N) is 2. The van der Waals surface area contributed by atoms with Crippen LogP contribution >= 0.6 is 34.8 Å².